The molecule has 5 nitrogen and oxygen atoms in total. The molecule has 0 saturated carbocycles. The van der Waals surface area contributed by atoms with E-state index in [0.717, 1.165) is 5.56 Å². The summed E-state index contributed by atoms with van der Waals surface area (Å²) in [7, 11) is 0. The number of aryl methyl sites for hydroxylation is 1. The first-order chi connectivity index (χ1) is 10.1. The molecule has 0 aliphatic carbocycles. The van der Waals surface area contributed by atoms with Gasteiger partial charge in [-0.05, 0) is 18.6 Å². The zero-order valence-electron chi connectivity index (χ0n) is 11.9. The third-order valence-electron chi connectivity index (χ3n) is 2.88. The van der Waals surface area contributed by atoms with Crippen molar-refractivity contribution in [3.63, 3.8) is 0 Å². The van der Waals surface area contributed by atoms with Crippen molar-refractivity contribution >= 4 is 5.91 Å². The molecule has 0 saturated heterocycles. The molecule has 1 amide bonds. The zero-order valence-corrected chi connectivity index (χ0v) is 11.9. The number of carbonyl (C=O) groups is 1. The van der Waals surface area contributed by atoms with E-state index < -0.39 is 0 Å². The van der Waals surface area contributed by atoms with Gasteiger partial charge in [0.05, 0.1) is 13.2 Å². The third-order valence-corrected chi connectivity index (χ3v) is 2.88. The summed E-state index contributed by atoms with van der Waals surface area (Å²) < 4.78 is 5.47. The van der Waals surface area contributed by atoms with Gasteiger partial charge in [-0.15, -0.1) is 0 Å². The van der Waals surface area contributed by atoms with Crippen LogP contribution in [0.5, 0.6) is 0 Å². The predicted octanol–water partition coefficient (Wildman–Crippen LogP) is 1.63. The number of hydrogen-bond donors (Lipinski definition) is 2. The lowest BCUT2D eigenvalue weighted by molar-refractivity contribution is 0.0900. The van der Waals surface area contributed by atoms with E-state index in [4.69, 9.17) is 4.74 Å². The summed E-state index contributed by atoms with van der Waals surface area (Å²) >= 11 is 0. The molecule has 0 bridgehead atoms. The van der Waals surface area contributed by atoms with E-state index in [1.54, 1.807) is 13.0 Å². The van der Waals surface area contributed by atoms with E-state index in [9.17, 15) is 9.59 Å². The van der Waals surface area contributed by atoms with Crippen molar-refractivity contribution in [1.29, 1.82) is 0 Å². The first-order valence-electron chi connectivity index (χ1n) is 6.76. The molecule has 0 aliphatic rings. The number of aromatic amines is 1. The van der Waals surface area contributed by atoms with E-state index in [1.807, 2.05) is 30.3 Å². The van der Waals surface area contributed by atoms with E-state index >= 15 is 0 Å². The molecule has 0 unspecified atom stereocenters. The van der Waals surface area contributed by atoms with Crippen LogP contribution in [0, 0.1) is 6.92 Å². The average Bonchev–Trinajstić information content (AvgIpc) is 2.47. The molecule has 0 spiro atoms. The number of carbonyl (C=O) groups excluding carboxylic acids is 1. The highest BCUT2D eigenvalue weighted by atomic mass is 16.5. The molecule has 1 heterocycles. The van der Waals surface area contributed by atoms with Crippen LogP contribution in [-0.2, 0) is 11.3 Å². The minimum absolute atomic E-state index is 0.271. The predicted molar refractivity (Wildman–Crippen MR) is 80.2 cm³/mol. The number of nitrogens with one attached hydrogen (secondary N) is 2. The number of rotatable bonds is 6. The molecule has 21 heavy (non-hydrogen) atoms. The number of ether oxygens (including phenoxy) is 1. The molecule has 110 valence electrons. The van der Waals surface area contributed by atoms with Gasteiger partial charge in [0, 0.05) is 23.9 Å². The highest BCUT2D eigenvalue weighted by molar-refractivity contribution is 5.94. The van der Waals surface area contributed by atoms with E-state index in [-0.39, 0.29) is 11.5 Å². The molecule has 0 atom stereocenters. The van der Waals surface area contributed by atoms with Crippen molar-refractivity contribution in [2.45, 2.75) is 13.5 Å². The van der Waals surface area contributed by atoms with Crippen LogP contribution in [-0.4, -0.2) is 24.0 Å². The molecular formula is C16H18N2O3. The van der Waals surface area contributed by atoms with Crippen molar-refractivity contribution < 1.29 is 9.53 Å². The largest absolute Gasteiger partial charge is 0.375 e. The van der Waals surface area contributed by atoms with Gasteiger partial charge >= 0.3 is 0 Å². The quantitative estimate of drug-likeness (QED) is 0.793. The molecule has 0 aliphatic heterocycles. The van der Waals surface area contributed by atoms with Crippen LogP contribution in [0.4, 0.5) is 0 Å². The average molecular weight is 286 g/mol. The second-order valence-electron chi connectivity index (χ2n) is 4.71. The van der Waals surface area contributed by atoms with Crippen LogP contribution in [0.1, 0.15) is 21.6 Å². The highest BCUT2D eigenvalue weighted by Crippen LogP contribution is 2.00. The third kappa shape index (κ3) is 4.89. The summed E-state index contributed by atoms with van der Waals surface area (Å²) in [5, 5.41) is 2.72. The minimum atomic E-state index is -0.277. The summed E-state index contributed by atoms with van der Waals surface area (Å²) in [5.74, 6) is -0.271. The van der Waals surface area contributed by atoms with Gasteiger partial charge in [-0.3, -0.25) is 9.59 Å². The first-order valence-corrected chi connectivity index (χ1v) is 6.76. The summed E-state index contributed by atoms with van der Waals surface area (Å²) in [4.78, 5) is 25.8. The summed E-state index contributed by atoms with van der Waals surface area (Å²) in [6.07, 6.45) is 0. The molecule has 5 heteroatoms. The summed E-state index contributed by atoms with van der Waals surface area (Å²) in [6, 6.07) is 12.8. The lowest BCUT2D eigenvalue weighted by Crippen LogP contribution is -2.28. The maximum atomic E-state index is 11.9. The van der Waals surface area contributed by atoms with Crippen LogP contribution in [0.3, 0.4) is 0 Å². The van der Waals surface area contributed by atoms with Gasteiger partial charge in [0.15, 0.2) is 0 Å². The van der Waals surface area contributed by atoms with E-state index in [0.29, 0.717) is 31.0 Å². The molecule has 0 radical (unpaired) electrons. The first kappa shape index (κ1) is 15.0. The fourth-order valence-electron chi connectivity index (χ4n) is 1.92. The van der Waals surface area contributed by atoms with Gasteiger partial charge < -0.3 is 15.0 Å². The van der Waals surface area contributed by atoms with Crippen molar-refractivity contribution in [3.05, 3.63) is 69.6 Å². The van der Waals surface area contributed by atoms with Gasteiger partial charge in [0.1, 0.15) is 0 Å². The Labute approximate surface area is 123 Å². The Morgan fingerprint density at radius 3 is 2.71 bits per heavy atom. The van der Waals surface area contributed by atoms with E-state index in [2.05, 4.69) is 10.3 Å². The van der Waals surface area contributed by atoms with Gasteiger partial charge in [0.2, 0.25) is 5.56 Å². The Bertz CT molecular complexity index is 650. The number of aromatic nitrogens is 1. The molecular weight excluding hydrogens is 268 g/mol. The fraction of sp³-hybridized carbons (Fsp3) is 0.250. The Balaban J connectivity index is 1.73. The monoisotopic (exact) mass is 286 g/mol. The number of H-pyrrole nitrogens is 1. The SMILES string of the molecule is Cc1cc(C(=O)NCCOCc2ccccc2)cc(=O)[nH]1. The standard InChI is InChI=1S/C16H18N2O3/c1-12-9-14(10-15(19)18-12)16(20)17-7-8-21-11-13-5-3-2-4-6-13/h2-6,9-10H,7-8,11H2,1H3,(H,17,20)(H,18,19). The van der Waals surface area contributed by atoms with Crippen LogP contribution < -0.4 is 10.9 Å². The summed E-state index contributed by atoms with van der Waals surface area (Å²) in [6.45, 7) is 3.07. The molecule has 2 aromatic rings. The maximum Gasteiger partial charge on any atom is 0.251 e. The van der Waals surface area contributed by atoms with Crippen LogP contribution in [0.25, 0.3) is 0 Å². The minimum Gasteiger partial charge on any atom is -0.375 e. The Morgan fingerprint density at radius 1 is 1.24 bits per heavy atom. The topological polar surface area (TPSA) is 71.2 Å². The van der Waals surface area contributed by atoms with Gasteiger partial charge in [0.25, 0.3) is 5.91 Å². The highest BCUT2D eigenvalue weighted by Gasteiger charge is 2.06. The van der Waals surface area contributed by atoms with Crippen LogP contribution >= 0.6 is 0 Å². The van der Waals surface area contributed by atoms with Crippen molar-refractivity contribution in [1.82, 2.24) is 10.3 Å². The second kappa shape index (κ2) is 7.40. The molecule has 1 aromatic carbocycles. The Kier molecular flexibility index (Phi) is 5.29. The van der Waals surface area contributed by atoms with Crippen molar-refractivity contribution in [3.8, 4) is 0 Å². The van der Waals surface area contributed by atoms with Gasteiger partial charge in [-0.25, -0.2) is 0 Å². The van der Waals surface area contributed by atoms with Crippen molar-refractivity contribution in [2.75, 3.05) is 13.2 Å². The van der Waals surface area contributed by atoms with E-state index in [1.165, 1.54) is 6.07 Å². The summed E-state index contributed by atoms with van der Waals surface area (Å²) in [5.41, 5.74) is 1.84. The smallest absolute Gasteiger partial charge is 0.251 e. The molecule has 1 aromatic heterocycles. The molecule has 0 fully saturated rings. The van der Waals surface area contributed by atoms with Crippen molar-refractivity contribution in [2.24, 2.45) is 0 Å². The zero-order chi connectivity index (χ0) is 15.1. The number of hydrogen-bond acceptors (Lipinski definition) is 3. The lowest BCUT2D eigenvalue weighted by atomic mass is 10.2. The maximum absolute atomic E-state index is 11.9. The van der Waals surface area contributed by atoms with Gasteiger partial charge in [-0.1, -0.05) is 30.3 Å². The van der Waals surface area contributed by atoms with Crippen LogP contribution in [0.15, 0.2) is 47.3 Å². The van der Waals surface area contributed by atoms with Gasteiger partial charge in [-0.2, -0.15) is 0 Å². The molecule has 2 N–H and O–H groups in total. The Hall–Kier alpha value is -2.40. The van der Waals surface area contributed by atoms with Crippen LogP contribution in [0.2, 0.25) is 0 Å². The lowest BCUT2D eigenvalue weighted by Gasteiger charge is -2.07. The number of pyridine rings is 1. The fourth-order valence-corrected chi connectivity index (χ4v) is 1.92. The normalized spacial score (nSPS) is 10.3. The number of benzene rings is 1. The molecule has 2 rings (SSSR count). The second-order valence-corrected chi connectivity index (χ2v) is 4.71. The Morgan fingerprint density at radius 2 is 2.00 bits per heavy atom. The number of amides is 1.